The summed E-state index contributed by atoms with van der Waals surface area (Å²) < 4.78 is 98.4. The number of methoxy groups -OCH3 is 1. The Hall–Kier alpha value is -3.42. The quantitative estimate of drug-likeness (QED) is 0.417. The van der Waals surface area contributed by atoms with E-state index >= 15 is 0 Å². The molecule has 0 unspecified atom stereocenters. The predicted molar refractivity (Wildman–Crippen MR) is 110 cm³/mol. The van der Waals surface area contributed by atoms with Crippen molar-refractivity contribution >= 4 is 11.6 Å². The molecule has 0 fully saturated rings. The van der Waals surface area contributed by atoms with Gasteiger partial charge in [0.2, 0.25) is 5.95 Å². The van der Waals surface area contributed by atoms with Crippen LogP contribution in [-0.4, -0.2) is 44.7 Å². The Labute approximate surface area is 189 Å². The molecule has 2 aromatic heterocycles. The van der Waals surface area contributed by atoms with Crippen molar-refractivity contribution in [3.63, 3.8) is 0 Å². The number of ether oxygens (including phenoxy) is 1. The van der Waals surface area contributed by atoms with Gasteiger partial charge in [0.25, 0.3) is 0 Å². The molecule has 0 bridgehead atoms. The van der Waals surface area contributed by atoms with Crippen LogP contribution >= 0.6 is 0 Å². The molecule has 0 radical (unpaired) electrons. The molecule has 0 aliphatic rings. The lowest BCUT2D eigenvalue weighted by molar-refractivity contribution is -0.354. The fourth-order valence-electron chi connectivity index (χ4n) is 2.98. The van der Waals surface area contributed by atoms with Gasteiger partial charge in [-0.3, -0.25) is 0 Å². The second-order valence-corrected chi connectivity index (χ2v) is 7.21. The van der Waals surface area contributed by atoms with Crippen molar-refractivity contribution in [1.82, 2.24) is 25.7 Å². The zero-order valence-electron chi connectivity index (χ0n) is 18.2. The van der Waals surface area contributed by atoms with Crippen LogP contribution in [0.2, 0.25) is 0 Å². The smallest absolute Gasteiger partial charge is 0.459 e. The summed E-state index contributed by atoms with van der Waals surface area (Å²) in [6.07, 6.45) is -5.00. The van der Waals surface area contributed by atoms with E-state index in [1.54, 1.807) is 42.2 Å². The summed E-state index contributed by atoms with van der Waals surface area (Å²) in [5, 5.41) is 2.72. The van der Waals surface area contributed by atoms with Crippen LogP contribution in [0.15, 0.2) is 36.8 Å². The molecule has 0 aliphatic heterocycles. The van der Waals surface area contributed by atoms with Gasteiger partial charge in [0.05, 0.1) is 36.9 Å². The van der Waals surface area contributed by atoms with Gasteiger partial charge in [-0.05, 0) is 32.0 Å². The number of alkyl halides is 7. The monoisotopic (exact) mass is 494 g/mol. The molecule has 2 heterocycles. The lowest BCUT2D eigenvalue weighted by atomic mass is 10.1. The number of anilines is 2. The van der Waals surface area contributed by atoms with Gasteiger partial charge >= 0.3 is 18.0 Å². The number of rotatable bonds is 7. The van der Waals surface area contributed by atoms with Crippen LogP contribution in [0.25, 0.3) is 5.69 Å². The van der Waals surface area contributed by atoms with Crippen LogP contribution in [0.1, 0.15) is 17.1 Å². The minimum Gasteiger partial charge on any atom is -0.494 e. The van der Waals surface area contributed by atoms with Crippen LogP contribution < -0.4 is 16.2 Å². The zero-order valence-corrected chi connectivity index (χ0v) is 18.2. The number of aromatic nitrogens is 4. The molecule has 186 valence electrons. The van der Waals surface area contributed by atoms with Crippen molar-refractivity contribution in [3.8, 4) is 11.4 Å². The van der Waals surface area contributed by atoms with Gasteiger partial charge in [-0.25, -0.2) is 15.0 Å². The van der Waals surface area contributed by atoms with Crippen molar-refractivity contribution in [2.24, 2.45) is 0 Å². The van der Waals surface area contributed by atoms with Crippen molar-refractivity contribution in [3.05, 3.63) is 53.9 Å². The minimum absolute atomic E-state index is 0. The number of imidazole rings is 1. The third-order valence-electron chi connectivity index (χ3n) is 4.55. The highest BCUT2D eigenvalue weighted by Crippen LogP contribution is 2.47. The maximum atomic E-state index is 13.8. The Morgan fingerprint density at radius 1 is 0.971 bits per heavy atom. The molecule has 0 atom stereocenters. The molecule has 4 N–H and O–H groups in total. The maximum Gasteiger partial charge on any atom is 0.459 e. The highest BCUT2D eigenvalue weighted by molar-refractivity contribution is 5.62. The second kappa shape index (κ2) is 9.44. The molecule has 0 saturated heterocycles. The molecule has 3 aromatic rings. The van der Waals surface area contributed by atoms with E-state index in [9.17, 15) is 30.7 Å². The number of hydrogen-bond donors (Lipinski definition) is 2. The first-order chi connectivity index (χ1) is 15.2. The average Bonchev–Trinajstić information content (AvgIpc) is 3.12. The van der Waals surface area contributed by atoms with E-state index in [1.165, 1.54) is 14.0 Å². The zero-order chi connectivity index (χ0) is 24.6. The number of nitrogens with one attached hydrogen (secondary N) is 1. The van der Waals surface area contributed by atoms with Gasteiger partial charge in [0, 0.05) is 23.6 Å². The fraction of sp³-hybridized carbons (Fsp3) is 0.350. The molecule has 0 aliphatic carbocycles. The van der Waals surface area contributed by atoms with Gasteiger partial charge < -0.3 is 20.8 Å². The summed E-state index contributed by atoms with van der Waals surface area (Å²) in [6, 6.07) is 5.71. The molecule has 0 spiro atoms. The summed E-state index contributed by atoms with van der Waals surface area (Å²) in [6.45, 7) is 3.17. The first kappa shape index (κ1) is 26.8. The van der Waals surface area contributed by atoms with E-state index < -0.39 is 30.1 Å². The lowest BCUT2D eigenvalue weighted by Crippen LogP contribution is -2.53. The summed E-state index contributed by atoms with van der Waals surface area (Å²) in [7, 11) is 1.43. The Balaban J connectivity index is 0.00000408. The molecule has 0 amide bonds. The van der Waals surface area contributed by atoms with E-state index in [-0.39, 0.29) is 17.8 Å². The normalized spacial score (nSPS) is 12.3. The second-order valence-electron chi connectivity index (χ2n) is 7.21. The summed E-state index contributed by atoms with van der Waals surface area (Å²) >= 11 is 0. The van der Waals surface area contributed by atoms with Crippen LogP contribution in [0.5, 0.6) is 5.75 Å². The van der Waals surface area contributed by atoms with Gasteiger partial charge in [-0.1, -0.05) is 0 Å². The number of benzene rings is 1. The van der Waals surface area contributed by atoms with Gasteiger partial charge in [0.1, 0.15) is 5.75 Å². The van der Waals surface area contributed by atoms with Crippen LogP contribution in [-0.2, 0) is 6.42 Å². The molecule has 7 nitrogen and oxygen atoms in total. The highest BCUT2D eigenvalue weighted by Gasteiger charge is 2.72. The molecule has 1 aromatic carbocycles. The Kier molecular flexibility index (Phi) is 7.45. The number of halogens is 7. The summed E-state index contributed by atoms with van der Waals surface area (Å²) in [5.74, 6) is -11.5. The maximum absolute atomic E-state index is 13.8. The fourth-order valence-corrected chi connectivity index (χ4v) is 2.98. The van der Waals surface area contributed by atoms with Crippen LogP contribution in [0.4, 0.5) is 42.4 Å². The molecular weight excluding hydrogens is 473 g/mol. The van der Waals surface area contributed by atoms with E-state index in [0.29, 0.717) is 17.1 Å². The van der Waals surface area contributed by atoms with Crippen molar-refractivity contribution in [2.45, 2.75) is 38.3 Å². The molecular formula is C20H21F7N6O. The summed E-state index contributed by atoms with van der Waals surface area (Å²) in [5.41, 5.74) is 1.18. The third kappa shape index (κ3) is 5.38. The Bertz CT molecular complexity index is 1150. The SMILES string of the molecule is COc1cc(Nc2nc(C)cc(CC(F)(F)C(F)(F)C(F)(F)F)n2)ccc1-n1cnc(C)c1.N. The Morgan fingerprint density at radius 3 is 2.21 bits per heavy atom. The van der Waals surface area contributed by atoms with E-state index in [4.69, 9.17) is 4.74 Å². The minimum atomic E-state index is -6.41. The van der Waals surface area contributed by atoms with Gasteiger partial charge in [-0.2, -0.15) is 30.7 Å². The highest BCUT2D eigenvalue weighted by atomic mass is 19.4. The summed E-state index contributed by atoms with van der Waals surface area (Å²) in [4.78, 5) is 11.8. The van der Waals surface area contributed by atoms with Crippen LogP contribution in [0, 0.1) is 13.8 Å². The molecule has 3 rings (SSSR count). The first-order valence-corrected chi connectivity index (χ1v) is 9.36. The average molecular weight is 494 g/mol. The lowest BCUT2D eigenvalue weighted by Gasteiger charge is -2.28. The standard InChI is InChI=1S/C20H18F7N5O.H3N/c1-11-6-14(8-18(21,22)19(23,24)20(25,26)27)31-17(29-11)30-13-4-5-15(16(7-13)33-3)32-9-12(2)28-10-32;/h4-7,9-10H,8H2,1-3H3,(H,29,30,31);1H3. The molecule has 34 heavy (non-hydrogen) atoms. The number of aryl methyl sites for hydroxylation is 2. The molecule has 0 saturated carbocycles. The number of hydrogen-bond acceptors (Lipinski definition) is 6. The predicted octanol–water partition coefficient (Wildman–Crippen LogP) is 5.57. The van der Waals surface area contributed by atoms with Gasteiger partial charge in [0.15, 0.2) is 0 Å². The first-order valence-electron chi connectivity index (χ1n) is 9.36. The van der Waals surface area contributed by atoms with Crippen molar-refractivity contribution in [1.29, 1.82) is 0 Å². The van der Waals surface area contributed by atoms with E-state index in [1.807, 2.05) is 0 Å². The van der Waals surface area contributed by atoms with Crippen LogP contribution in [0.3, 0.4) is 0 Å². The largest absolute Gasteiger partial charge is 0.494 e. The van der Waals surface area contributed by atoms with Gasteiger partial charge in [-0.15, -0.1) is 0 Å². The van der Waals surface area contributed by atoms with E-state index in [2.05, 4.69) is 20.3 Å². The topological polar surface area (TPSA) is 99.9 Å². The van der Waals surface area contributed by atoms with Crippen molar-refractivity contribution in [2.75, 3.05) is 12.4 Å². The van der Waals surface area contributed by atoms with E-state index in [0.717, 1.165) is 11.8 Å². The number of nitrogens with zero attached hydrogens (tertiary/aromatic N) is 4. The molecule has 14 heteroatoms. The van der Waals surface area contributed by atoms with Crippen molar-refractivity contribution < 1.29 is 35.5 Å². The Morgan fingerprint density at radius 2 is 1.65 bits per heavy atom. The third-order valence-corrected chi connectivity index (χ3v) is 4.55.